The first kappa shape index (κ1) is 20.1. The number of benzene rings is 3. The molecule has 30 heavy (non-hydrogen) atoms. The molecule has 4 nitrogen and oxygen atoms in total. The summed E-state index contributed by atoms with van der Waals surface area (Å²) in [6.45, 7) is 2.52. The molecule has 0 radical (unpaired) electrons. The second kappa shape index (κ2) is 9.09. The van der Waals surface area contributed by atoms with E-state index in [4.69, 9.17) is 9.47 Å². The van der Waals surface area contributed by atoms with Crippen LogP contribution < -0.4 is 4.74 Å². The largest absolute Gasteiger partial charge is 0.493 e. The first-order chi connectivity index (χ1) is 14.6. The van der Waals surface area contributed by atoms with Crippen LogP contribution in [0.5, 0.6) is 5.75 Å². The fourth-order valence-electron chi connectivity index (χ4n) is 3.11. The van der Waals surface area contributed by atoms with Crippen LogP contribution in [0.25, 0.3) is 6.08 Å². The van der Waals surface area contributed by atoms with Gasteiger partial charge in [-0.05, 0) is 48.4 Å². The molecule has 0 bridgehead atoms. The standard InChI is InChI=1S/C25H20BrNO3/c1-17-15-20(11-12-21(17)26)24-27-22(25(28)30-24)16-19-9-5-6-10-23(19)29-14-13-18-7-3-2-4-8-18/h2-12,15-16H,13-14H2,1H3. The van der Waals surface area contributed by atoms with Crippen LogP contribution in [-0.4, -0.2) is 18.5 Å². The highest BCUT2D eigenvalue weighted by atomic mass is 79.9. The fourth-order valence-corrected chi connectivity index (χ4v) is 3.36. The lowest BCUT2D eigenvalue weighted by atomic mass is 10.1. The van der Waals surface area contributed by atoms with Crippen LogP contribution in [0.15, 0.2) is 88.0 Å². The van der Waals surface area contributed by atoms with E-state index in [2.05, 4.69) is 33.1 Å². The number of aryl methyl sites for hydroxylation is 1. The highest BCUT2D eigenvalue weighted by Gasteiger charge is 2.24. The number of ether oxygens (including phenoxy) is 2. The number of nitrogens with zero attached hydrogens (tertiary/aromatic N) is 1. The second-order valence-corrected chi connectivity index (χ2v) is 7.78. The van der Waals surface area contributed by atoms with Crippen molar-refractivity contribution in [3.63, 3.8) is 0 Å². The van der Waals surface area contributed by atoms with Crippen molar-refractivity contribution in [3.8, 4) is 5.75 Å². The van der Waals surface area contributed by atoms with Crippen molar-refractivity contribution in [1.82, 2.24) is 0 Å². The van der Waals surface area contributed by atoms with Gasteiger partial charge in [-0.15, -0.1) is 0 Å². The second-order valence-electron chi connectivity index (χ2n) is 6.92. The maximum absolute atomic E-state index is 12.4. The van der Waals surface area contributed by atoms with Crippen LogP contribution in [-0.2, 0) is 16.0 Å². The predicted octanol–water partition coefficient (Wildman–Crippen LogP) is 5.72. The molecule has 1 aliphatic rings. The molecular weight excluding hydrogens is 442 g/mol. The van der Waals surface area contributed by atoms with Gasteiger partial charge in [0.05, 0.1) is 6.61 Å². The summed E-state index contributed by atoms with van der Waals surface area (Å²) in [6, 6.07) is 23.5. The van der Waals surface area contributed by atoms with E-state index in [1.165, 1.54) is 5.56 Å². The number of rotatable bonds is 6. The Bertz CT molecular complexity index is 1140. The summed E-state index contributed by atoms with van der Waals surface area (Å²) in [4.78, 5) is 16.8. The van der Waals surface area contributed by atoms with Gasteiger partial charge in [0.2, 0.25) is 5.90 Å². The van der Waals surface area contributed by atoms with Gasteiger partial charge in [-0.25, -0.2) is 9.79 Å². The van der Waals surface area contributed by atoms with Gasteiger partial charge in [-0.3, -0.25) is 0 Å². The summed E-state index contributed by atoms with van der Waals surface area (Å²) >= 11 is 3.48. The average Bonchev–Trinajstić information content (AvgIpc) is 3.12. The topological polar surface area (TPSA) is 47.9 Å². The zero-order valence-corrected chi connectivity index (χ0v) is 18.1. The normalized spacial score (nSPS) is 14.5. The maximum atomic E-state index is 12.4. The van der Waals surface area contributed by atoms with E-state index in [0.29, 0.717) is 18.3 Å². The molecule has 5 heteroatoms. The zero-order chi connectivity index (χ0) is 20.9. The van der Waals surface area contributed by atoms with Crippen LogP contribution in [0.1, 0.15) is 22.3 Å². The van der Waals surface area contributed by atoms with E-state index in [0.717, 1.165) is 27.6 Å². The molecule has 0 fully saturated rings. The van der Waals surface area contributed by atoms with E-state index >= 15 is 0 Å². The van der Waals surface area contributed by atoms with Crippen molar-refractivity contribution >= 4 is 33.9 Å². The molecule has 1 aliphatic heterocycles. The lowest BCUT2D eigenvalue weighted by Crippen LogP contribution is -2.05. The zero-order valence-electron chi connectivity index (χ0n) is 16.5. The van der Waals surface area contributed by atoms with Gasteiger partial charge in [0.25, 0.3) is 0 Å². The third-order valence-corrected chi connectivity index (χ3v) is 5.62. The van der Waals surface area contributed by atoms with Crippen molar-refractivity contribution in [2.75, 3.05) is 6.61 Å². The molecule has 1 heterocycles. The van der Waals surface area contributed by atoms with Gasteiger partial charge in [0.15, 0.2) is 5.70 Å². The molecule has 0 saturated heterocycles. The van der Waals surface area contributed by atoms with Gasteiger partial charge in [-0.2, -0.15) is 0 Å². The molecule has 0 amide bonds. The Morgan fingerprint density at radius 1 is 1.03 bits per heavy atom. The molecule has 0 atom stereocenters. The average molecular weight is 462 g/mol. The Balaban J connectivity index is 1.53. The van der Waals surface area contributed by atoms with Crippen molar-refractivity contribution in [2.45, 2.75) is 13.3 Å². The Morgan fingerprint density at radius 3 is 2.60 bits per heavy atom. The Kier molecular flexibility index (Phi) is 6.10. The minimum absolute atomic E-state index is 0.254. The van der Waals surface area contributed by atoms with Gasteiger partial charge in [0, 0.05) is 22.0 Å². The quantitative estimate of drug-likeness (QED) is 0.348. The van der Waals surface area contributed by atoms with Gasteiger partial charge < -0.3 is 9.47 Å². The third-order valence-electron chi connectivity index (χ3n) is 4.73. The smallest absolute Gasteiger partial charge is 0.363 e. The third kappa shape index (κ3) is 4.69. The molecule has 0 spiro atoms. The van der Waals surface area contributed by atoms with Crippen LogP contribution in [0.4, 0.5) is 0 Å². The monoisotopic (exact) mass is 461 g/mol. The highest BCUT2D eigenvalue weighted by Crippen LogP contribution is 2.26. The molecule has 0 aliphatic carbocycles. The minimum Gasteiger partial charge on any atom is -0.493 e. The van der Waals surface area contributed by atoms with E-state index in [-0.39, 0.29) is 5.70 Å². The number of hydrogen-bond acceptors (Lipinski definition) is 4. The van der Waals surface area contributed by atoms with E-state index < -0.39 is 5.97 Å². The number of halogens is 1. The Labute approximate surface area is 184 Å². The number of carbonyl (C=O) groups is 1. The summed E-state index contributed by atoms with van der Waals surface area (Å²) in [6.07, 6.45) is 2.51. The highest BCUT2D eigenvalue weighted by molar-refractivity contribution is 9.10. The predicted molar refractivity (Wildman–Crippen MR) is 122 cm³/mol. The first-order valence-corrected chi connectivity index (χ1v) is 10.4. The number of esters is 1. The molecule has 0 N–H and O–H groups in total. The lowest BCUT2D eigenvalue weighted by molar-refractivity contribution is -0.129. The summed E-state index contributed by atoms with van der Waals surface area (Å²) < 4.78 is 12.4. The van der Waals surface area contributed by atoms with Crippen molar-refractivity contribution in [1.29, 1.82) is 0 Å². The summed E-state index contributed by atoms with van der Waals surface area (Å²) in [5.41, 5.74) is 4.06. The van der Waals surface area contributed by atoms with Crippen molar-refractivity contribution in [3.05, 3.63) is 105 Å². The fraction of sp³-hybridized carbons (Fsp3) is 0.120. The van der Waals surface area contributed by atoms with Crippen LogP contribution >= 0.6 is 15.9 Å². The number of hydrogen-bond donors (Lipinski definition) is 0. The number of para-hydroxylation sites is 1. The summed E-state index contributed by atoms with van der Waals surface area (Å²) in [5, 5.41) is 0. The number of aliphatic imine (C=N–C) groups is 1. The number of cyclic esters (lactones) is 1. The molecule has 0 aromatic heterocycles. The molecular formula is C25H20BrNO3. The molecule has 3 aromatic rings. The minimum atomic E-state index is -0.468. The molecule has 0 unspecified atom stereocenters. The molecule has 150 valence electrons. The maximum Gasteiger partial charge on any atom is 0.363 e. The van der Waals surface area contributed by atoms with Crippen LogP contribution in [0, 0.1) is 6.92 Å². The van der Waals surface area contributed by atoms with E-state index in [1.54, 1.807) is 6.08 Å². The summed E-state index contributed by atoms with van der Waals surface area (Å²) in [5.74, 6) is 0.547. The molecule has 0 saturated carbocycles. The van der Waals surface area contributed by atoms with E-state index in [9.17, 15) is 4.79 Å². The van der Waals surface area contributed by atoms with E-state index in [1.807, 2.05) is 67.6 Å². The Morgan fingerprint density at radius 2 is 1.80 bits per heavy atom. The van der Waals surface area contributed by atoms with Gasteiger partial charge >= 0.3 is 5.97 Å². The van der Waals surface area contributed by atoms with Crippen molar-refractivity contribution < 1.29 is 14.3 Å². The lowest BCUT2D eigenvalue weighted by Gasteiger charge is -2.09. The Hall–Kier alpha value is -3.18. The SMILES string of the molecule is Cc1cc(C2=NC(=Cc3ccccc3OCCc3ccccc3)C(=O)O2)ccc1Br. The molecule has 3 aromatic carbocycles. The van der Waals surface area contributed by atoms with Crippen LogP contribution in [0.3, 0.4) is 0 Å². The van der Waals surface area contributed by atoms with Crippen molar-refractivity contribution in [2.24, 2.45) is 4.99 Å². The van der Waals surface area contributed by atoms with Gasteiger partial charge in [0.1, 0.15) is 5.75 Å². The number of carbonyl (C=O) groups excluding carboxylic acids is 1. The van der Waals surface area contributed by atoms with Gasteiger partial charge in [-0.1, -0.05) is 64.5 Å². The first-order valence-electron chi connectivity index (χ1n) is 9.65. The molecule has 4 rings (SSSR count). The van der Waals surface area contributed by atoms with Crippen LogP contribution in [0.2, 0.25) is 0 Å². The summed E-state index contributed by atoms with van der Waals surface area (Å²) in [7, 11) is 0.